The SMILES string of the molecule is O=C(CN1CCCCC1)ON1CCCCC1.O=c1ccoc2ccccc12. The van der Waals surface area contributed by atoms with E-state index in [9.17, 15) is 9.59 Å². The Morgan fingerprint density at radius 1 is 0.926 bits per heavy atom. The third-order valence-electron chi connectivity index (χ3n) is 4.91. The lowest BCUT2D eigenvalue weighted by molar-refractivity contribution is -0.195. The minimum atomic E-state index is -0.0798. The van der Waals surface area contributed by atoms with Crippen LogP contribution in [0.3, 0.4) is 0 Å². The molecule has 2 aliphatic heterocycles. The van der Waals surface area contributed by atoms with Crippen LogP contribution in [0.4, 0.5) is 0 Å². The summed E-state index contributed by atoms with van der Waals surface area (Å²) in [5.74, 6) is -0.0798. The minimum absolute atomic E-state index is 0.00634. The van der Waals surface area contributed by atoms with E-state index in [0.29, 0.717) is 17.5 Å². The van der Waals surface area contributed by atoms with Crippen LogP contribution in [0.1, 0.15) is 38.5 Å². The van der Waals surface area contributed by atoms with Gasteiger partial charge in [0.05, 0.1) is 18.2 Å². The number of rotatable bonds is 3. The highest BCUT2D eigenvalue weighted by atomic mass is 16.7. The van der Waals surface area contributed by atoms with Gasteiger partial charge in [-0.2, -0.15) is 0 Å². The predicted molar refractivity (Wildman–Crippen MR) is 104 cm³/mol. The van der Waals surface area contributed by atoms with E-state index >= 15 is 0 Å². The first-order valence-electron chi connectivity index (χ1n) is 9.87. The number of fused-ring (bicyclic) bond motifs is 1. The molecule has 1 aromatic carbocycles. The van der Waals surface area contributed by atoms with Crippen molar-refractivity contribution in [3.8, 4) is 0 Å². The van der Waals surface area contributed by atoms with Gasteiger partial charge >= 0.3 is 5.97 Å². The number of nitrogens with zero attached hydrogens (tertiary/aromatic N) is 2. The Bertz CT molecular complexity index is 750. The zero-order chi connectivity index (χ0) is 18.9. The molecule has 0 bridgehead atoms. The second-order valence-electron chi connectivity index (χ2n) is 7.07. The molecule has 0 atom stereocenters. The molecule has 1 aromatic heterocycles. The third-order valence-corrected chi connectivity index (χ3v) is 4.91. The molecule has 2 aromatic rings. The van der Waals surface area contributed by atoms with Crippen LogP contribution in [0.2, 0.25) is 0 Å². The molecular formula is C21H28N2O4. The van der Waals surface area contributed by atoms with Gasteiger partial charge in [0, 0.05) is 19.2 Å². The highest BCUT2D eigenvalue weighted by molar-refractivity contribution is 5.75. The quantitative estimate of drug-likeness (QED) is 0.824. The first-order chi connectivity index (χ1) is 13.2. The van der Waals surface area contributed by atoms with Gasteiger partial charge in [-0.1, -0.05) is 25.0 Å². The Labute approximate surface area is 159 Å². The Morgan fingerprint density at radius 3 is 2.30 bits per heavy atom. The van der Waals surface area contributed by atoms with E-state index in [1.54, 1.807) is 12.1 Å². The second kappa shape index (κ2) is 10.2. The number of piperidine rings is 2. The largest absolute Gasteiger partial charge is 0.464 e. The molecule has 0 aliphatic carbocycles. The van der Waals surface area contributed by atoms with Gasteiger partial charge in [-0.05, 0) is 50.9 Å². The number of hydrogen-bond acceptors (Lipinski definition) is 6. The van der Waals surface area contributed by atoms with Crippen molar-refractivity contribution in [1.82, 2.24) is 9.96 Å². The smallest absolute Gasteiger partial charge is 0.339 e. The first-order valence-corrected chi connectivity index (χ1v) is 9.87. The summed E-state index contributed by atoms with van der Waals surface area (Å²) in [7, 11) is 0. The maximum absolute atomic E-state index is 11.7. The van der Waals surface area contributed by atoms with Crippen molar-refractivity contribution < 1.29 is 14.0 Å². The Morgan fingerprint density at radius 2 is 1.59 bits per heavy atom. The molecule has 0 unspecified atom stereocenters. The molecule has 6 nitrogen and oxygen atoms in total. The molecule has 0 N–H and O–H groups in total. The molecule has 0 saturated carbocycles. The molecule has 0 amide bonds. The molecule has 0 radical (unpaired) electrons. The van der Waals surface area contributed by atoms with Gasteiger partial charge in [-0.15, -0.1) is 5.06 Å². The van der Waals surface area contributed by atoms with Crippen molar-refractivity contribution >= 4 is 16.9 Å². The van der Waals surface area contributed by atoms with Crippen LogP contribution in [0.5, 0.6) is 0 Å². The topological polar surface area (TPSA) is 63.0 Å². The van der Waals surface area contributed by atoms with Gasteiger partial charge in [0.25, 0.3) is 0 Å². The lowest BCUT2D eigenvalue weighted by atomic mass is 10.1. The predicted octanol–water partition coefficient (Wildman–Crippen LogP) is 3.21. The van der Waals surface area contributed by atoms with Crippen LogP contribution < -0.4 is 5.43 Å². The lowest BCUT2D eigenvalue weighted by Crippen LogP contribution is -2.39. The maximum atomic E-state index is 11.7. The Kier molecular flexibility index (Phi) is 7.42. The van der Waals surface area contributed by atoms with Gasteiger partial charge in [-0.3, -0.25) is 9.69 Å². The molecule has 146 valence electrons. The molecule has 4 rings (SSSR count). The van der Waals surface area contributed by atoms with Crippen LogP contribution in [0, 0.1) is 0 Å². The van der Waals surface area contributed by atoms with Crippen molar-refractivity contribution in [3.63, 3.8) is 0 Å². The number of benzene rings is 1. The molecule has 6 heteroatoms. The van der Waals surface area contributed by atoms with E-state index < -0.39 is 0 Å². The molecular weight excluding hydrogens is 344 g/mol. The normalized spacial score (nSPS) is 18.5. The Balaban J connectivity index is 0.000000166. The van der Waals surface area contributed by atoms with E-state index in [-0.39, 0.29) is 11.4 Å². The summed E-state index contributed by atoms with van der Waals surface area (Å²) < 4.78 is 5.09. The van der Waals surface area contributed by atoms with Crippen LogP contribution in [-0.2, 0) is 9.63 Å². The average Bonchev–Trinajstić information content (AvgIpc) is 2.70. The van der Waals surface area contributed by atoms with Gasteiger partial charge in [0.1, 0.15) is 5.58 Å². The molecule has 27 heavy (non-hydrogen) atoms. The van der Waals surface area contributed by atoms with Gasteiger partial charge < -0.3 is 9.25 Å². The monoisotopic (exact) mass is 372 g/mol. The summed E-state index contributed by atoms with van der Waals surface area (Å²) in [5, 5.41) is 2.46. The van der Waals surface area contributed by atoms with Gasteiger partial charge in [-0.25, -0.2) is 4.79 Å². The molecule has 3 heterocycles. The number of carbonyl (C=O) groups excluding carboxylic acids is 1. The van der Waals surface area contributed by atoms with Crippen molar-refractivity contribution in [3.05, 3.63) is 46.8 Å². The first kappa shape index (κ1) is 19.6. The fraction of sp³-hybridized carbons (Fsp3) is 0.524. The zero-order valence-electron chi connectivity index (χ0n) is 15.8. The van der Waals surface area contributed by atoms with E-state index in [4.69, 9.17) is 9.25 Å². The number of para-hydroxylation sites is 1. The number of carbonyl (C=O) groups is 1. The van der Waals surface area contributed by atoms with Gasteiger partial charge in [0.15, 0.2) is 5.43 Å². The fourth-order valence-corrected chi connectivity index (χ4v) is 3.46. The Hall–Kier alpha value is -2.18. The van der Waals surface area contributed by atoms with Crippen molar-refractivity contribution in [2.24, 2.45) is 0 Å². The average molecular weight is 372 g/mol. The highest BCUT2D eigenvalue weighted by Gasteiger charge is 2.18. The lowest BCUT2D eigenvalue weighted by Gasteiger charge is -2.28. The van der Waals surface area contributed by atoms with Crippen molar-refractivity contribution in [2.75, 3.05) is 32.7 Å². The third kappa shape index (κ3) is 6.19. The number of hydroxylamine groups is 2. The van der Waals surface area contributed by atoms with E-state index in [1.165, 1.54) is 38.0 Å². The van der Waals surface area contributed by atoms with E-state index in [0.717, 1.165) is 39.0 Å². The van der Waals surface area contributed by atoms with Crippen LogP contribution >= 0.6 is 0 Å². The molecule has 2 saturated heterocycles. The van der Waals surface area contributed by atoms with Crippen LogP contribution in [0.15, 0.2) is 45.8 Å². The molecule has 0 spiro atoms. The van der Waals surface area contributed by atoms with Crippen LogP contribution in [-0.4, -0.2) is 48.7 Å². The number of likely N-dealkylation sites (tertiary alicyclic amines) is 1. The van der Waals surface area contributed by atoms with Gasteiger partial charge in [0.2, 0.25) is 0 Å². The van der Waals surface area contributed by atoms with Crippen LogP contribution in [0.25, 0.3) is 11.0 Å². The summed E-state index contributed by atoms with van der Waals surface area (Å²) >= 11 is 0. The van der Waals surface area contributed by atoms with Crippen molar-refractivity contribution in [2.45, 2.75) is 38.5 Å². The number of hydrogen-bond donors (Lipinski definition) is 0. The molecule has 2 aliphatic rings. The summed E-state index contributed by atoms with van der Waals surface area (Å²) in [6.45, 7) is 4.39. The van der Waals surface area contributed by atoms with Crippen molar-refractivity contribution in [1.29, 1.82) is 0 Å². The summed E-state index contributed by atoms with van der Waals surface area (Å²) in [5.41, 5.74) is 0.645. The summed E-state index contributed by atoms with van der Waals surface area (Å²) in [4.78, 5) is 30.3. The highest BCUT2D eigenvalue weighted by Crippen LogP contribution is 2.11. The standard InChI is InChI=1S/C12H22N2O2.C9H6O2/c15-12(11-13-7-3-1-4-8-13)16-14-9-5-2-6-10-14;10-8-5-6-11-9-4-2-1-3-7(8)9/h1-11H2;1-6H. The second-order valence-corrected chi connectivity index (χ2v) is 7.07. The zero-order valence-corrected chi connectivity index (χ0v) is 15.8. The minimum Gasteiger partial charge on any atom is -0.464 e. The van der Waals surface area contributed by atoms with E-state index in [1.807, 2.05) is 17.2 Å². The van der Waals surface area contributed by atoms with E-state index in [2.05, 4.69) is 4.90 Å². The fourth-order valence-electron chi connectivity index (χ4n) is 3.46. The summed E-state index contributed by atoms with van der Waals surface area (Å²) in [6.07, 6.45) is 8.71. The maximum Gasteiger partial charge on any atom is 0.339 e. The molecule has 2 fully saturated rings. The summed E-state index contributed by atoms with van der Waals surface area (Å²) in [6, 6.07) is 8.60.